The van der Waals surface area contributed by atoms with Crippen molar-refractivity contribution < 1.29 is 52.0 Å². The van der Waals surface area contributed by atoms with Crippen molar-refractivity contribution in [1.82, 2.24) is 4.90 Å². The van der Waals surface area contributed by atoms with Gasteiger partial charge in [0.05, 0.1) is 19.3 Å². The third-order valence-electron chi connectivity index (χ3n) is 6.25. The fourth-order valence-electron chi connectivity index (χ4n) is 4.28. The fraction of sp³-hybridized carbons (Fsp3) is 1.00. The smallest absolute Gasteiger partial charge is 0.324 e. The van der Waals surface area contributed by atoms with Gasteiger partial charge in [-0.05, 0) is 0 Å². The second kappa shape index (κ2) is 6.94. The summed E-state index contributed by atoms with van der Waals surface area (Å²) in [6, 6.07) is 0. The van der Waals surface area contributed by atoms with Crippen LogP contribution in [0.4, 0.5) is 0 Å². The van der Waals surface area contributed by atoms with Crippen LogP contribution in [0.3, 0.4) is 0 Å². The number of quaternary nitrogens is 2. The van der Waals surface area contributed by atoms with Crippen molar-refractivity contribution in [2.24, 2.45) is 0 Å². The van der Waals surface area contributed by atoms with Gasteiger partial charge in [-0.25, -0.2) is 0 Å². The summed E-state index contributed by atoms with van der Waals surface area (Å²) in [6.07, 6.45) is -0.323. The zero-order valence-corrected chi connectivity index (χ0v) is 17.5. The zero-order valence-electron chi connectivity index (χ0n) is 14.8. The van der Waals surface area contributed by atoms with Gasteiger partial charge in [0.25, 0.3) is 0 Å². The Morgan fingerprint density at radius 2 is 1.15 bits per heavy atom. The number of rotatable bonds is 5. The van der Waals surface area contributed by atoms with Crippen molar-refractivity contribution in [2.75, 3.05) is 65.1 Å². The Morgan fingerprint density at radius 3 is 1.44 bits per heavy atom. The molecule has 0 aromatic rings. The summed E-state index contributed by atoms with van der Waals surface area (Å²) < 4.78 is 35.0. The molecule has 0 saturated carbocycles. The van der Waals surface area contributed by atoms with E-state index in [0.717, 1.165) is 0 Å². The van der Waals surface area contributed by atoms with Crippen molar-refractivity contribution in [3.8, 4) is 0 Å². The van der Waals surface area contributed by atoms with E-state index < -0.39 is 34.4 Å². The van der Waals surface area contributed by atoms with Crippen LogP contribution in [0.1, 0.15) is 0 Å². The SMILES string of the molecule is O=P(O)(O)CCN1CC[N+]2(CC[N+]3(CC1)CC3P(=O)(O)O)CC2P(=O)(O)O. The maximum absolute atomic E-state index is 11.7. The van der Waals surface area contributed by atoms with Gasteiger partial charge in [-0.3, -0.25) is 27.6 Å². The van der Waals surface area contributed by atoms with E-state index >= 15 is 0 Å². The normalized spacial score (nSPS) is 38.4. The molecule has 4 atom stereocenters. The third-order valence-corrected chi connectivity index (χ3v) is 9.89. The van der Waals surface area contributed by atoms with Crippen LogP contribution in [0.15, 0.2) is 0 Å². The first-order chi connectivity index (χ1) is 12.2. The van der Waals surface area contributed by atoms with E-state index in [0.29, 0.717) is 52.4 Å². The lowest BCUT2D eigenvalue weighted by Crippen LogP contribution is -2.42. The van der Waals surface area contributed by atoms with E-state index in [9.17, 15) is 33.3 Å². The Kier molecular flexibility index (Phi) is 5.66. The summed E-state index contributed by atoms with van der Waals surface area (Å²) in [6.45, 7) is 3.36. The fourth-order valence-corrected chi connectivity index (χ4v) is 7.64. The molecule has 15 heteroatoms. The molecule has 0 amide bonds. The van der Waals surface area contributed by atoms with Crippen LogP contribution in [-0.4, -0.2) is 120 Å². The molecule has 12 nitrogen and oxygen atoms in total. The lowest BCUT2D eigenvalue weighted by Gasteiger charge is -2.24. The number of nitrogens with zero attached hydrogens (tertiary/aromatic N) is 3. The molecular weight excluding hydrogens is 423 g/mol. The largest absolute Gasteiger partial charge is 0.388 e. The molecule has 0 radical (unpaired) electrons. The first-order valence-corrected chi connectivity index (χ1v) is 13.9. The lowest BCUT2D eigenvalue weighted by atomic mass is 10.4. The molecule has 4 unspecified atom stereocenters. The van der Waals surface area contributed by atoms with Crippen LogP contribution in [0.25, 0.3) is 0 Å². The van der Waals surface area contributed by atoms with Crippen LogP contribution in [-0.2, 0) is 13.7 Å². The molecule has 0 aliphatic carbocycles. The highest BCUT2D eigenvalue weighted by Gasteiger charge is 2.69. The van der Waals surface area contributed by atoms with Gasteiger partial charge in [0.2, 0.25) is 11.6 Å². The van der Waals surface area contributed by atoms with E-state index in [-0.39, 0.29) is 21.7 Å². The predicted molar refractivity (Wildman–Crippen MR) is 94.7 cm³/mol. The Hall–Kier alpha value is 0.330. The third kappa shape index (κ3) is 5.09. The molecule has 2 spiro atoms. The molecule has 6 N–H and O–H groups in total. The van der Waals surface area contributed by atoms with Crippen molar-refractivity contribution in [1.29, 1.82) is 0 Å². The molecule has 0 aromatic heterocycles. The van der Waals surface area contributed by atoms with Gasteiger partial charge < -0.3 is 29.4 Å². The molecule has 27 heavy (non-hydrogen) atoms. The van der Waals surface area contributed by atoms with Crippen LogP contribution < -0.4 is 0 Å². The summed E-state index contributed by atoms with van der Waals surface area (Å²) in [5.74, 6) is -1.60. The maximum atomic E-state index is 11.7. The standard InChI is InChI=1S/C12H26N3O9P3/c16-25(17,18)8-3-13-1-4-14(9-11(14)26(19,20)21)6-7-15(5-2-13)10-12(15)27(22,23)24/h11-12H,1-10H2,(H4-2,16,17,18,19,20,21,22,23,24)/p+2. The first-order valence-electron chi connectivity index (χ1n) is 8.76. The molecule has 0 bridgehead atoms. The minimum absolute atomic E-state index is 0.130. The van der Waals surface area contributed by atoms with Crippen LogP contribution in [0.2, 0.25) is 0 Å². The summed E-state index contributed by atoms with van der Waals surface area (Å²) in [4.78, 5) is 58.3. The molecule has 3 heterocycles. The van der Waals surface area contributed by atoms with Crippen molar-refractivity contribution >= 4 is 22.8 Å². The quantitative estimate of drug-likeness (QED) is 0.158. The Labute approximate surface area is 157 Å². The summed E-state index contributed by atoms with van der Waals surface area (Å²) in [5.41, 5.74) is 0. The number of hydrogen-bond acceptors (Lipinski definition) is 4. The van der Waals surface area contributed by atoms with E-state index in [1.54, 1.807) is 0 Å². The van der Waals surface area contributed by atoms with Gasteiger partial charge in [-0.1, -0.05) is 0 Å². The van der Waals surface area contributed by atoms with Crippen LogP contribution in [0.5, 0.6) is 0 Å². The van der Waals surface area contributed by atoms with Gasteiger partial charge in [0, 0.05) is 19.6 Å². The van der Waals surface area contributed by atoms with Gasteiger partial charge in [-0.15, -0.1) is 0 Å². The van der Waals surface area contributed by atoms with E-state index in [2.05, 4.69) is 0 Å². The second-order valence-corrected chi connectivity index (χ2v) is 13.4. The topological polar surface area (TPSA) is 176 Å². The van der Waals surface area contributed by atoms with Crippen molar-refractivity contribution in [2.45, 2.75) is 11.6 Å². The van der Waals surface area contributed by atoms with E-state index in [1.807, 2.05) is 4.90 Å². The summed E-state index contributed by atoms with van der Waals surface area (Å²) in [5, 5.41) is 0. The molecule has 3 aliphatic heterocycles. The summed E-state index contributed by atoms with van der Waals surface area (Å²) >= 11 is 0. The van der Waals surface area contributed by atoms with Gasteiger partial charge in [0.1, 0.15) is 26.2 Å². The van der Waals surface area contributed by atoms with E-state index in [1.165, 1.54) is 0 Å². The van der Waals surface area contributed by atoms with Crippen molar-refractivity contribution in [3.05, 3.63) is 0 Å². The minimum Gasteiger partial charge on any atom is -0.324 e. The van der Waals surface area contributed by atoms with Crippen molar-refractivity contribution in [3.63, 3.8) is 0 Å². The van der Waals surface area contributed by atoms with E-state index in [4.69, 9.17) is 9.79 Å². The van der Waals surface area contributed by atoms with Crippen LogP contribution >= 0.6 is 22.8 Å². The Morgan fingerprint density at radius 1 is 0.741 bits per heavy atom. The number of hydrogen-bond donors (Lipinski definition) is 6. The molecule has 3 aliphatic rings. The Bertz CT molecular complexity index is 687. The van der Waals surface area contributed by atoms with Crippen LogP contribution in [0, 0.1) is 0 Å². The average molecular weight is 451 g/mol. The molecular formula is C12H28N3O9P3+2. The second-order valence-electron chi connectivity index (χ2n) is 8.07. The van der Waals surface area contributed by atoms with Gasteiger partial charge in [0.15, 0.2) is 0 Å². The molecule has 158 valence electrons. The summed E-state index contributed by atoms with van der Waals surface area (Å²) in [7, 11) is -12.7. The minimum atomic E-state index is -4.27. The van der Waals surface area contributed by atoms with Gasteiger partial charge in [-0.2, -0.15) is 0 Å². The molecule has 3 saturated heterocycles. The average Bonchev–Trinajstić information content (AvgIpc) is 3.35. The highest BCUT2D eigenvalue weighted by molar-refractivity contribution is 7.53. The molecule has 3 rings (SSSR count). The van der Waals surface area contributed by atoms with Gasteiger partial charge >= 0.3 is 22.8 Å². The zero-order chi connectivity index (χ0) is 20.3. The Balaban J connectivity index is 1.77. The highest BCUT2D eigenvalue weighted by atomic mass is 31.2. The predicted octanol–water partition coefficient (Wildman–Crippen LogP) is -1.85. The lowest BCUT2D eigenvalue weighted by molar-refractivity contribution is -0.863. The molecule has 3 fully saturated rings. The first kappa shape index (κ1) is 22.0. The highest BCUT2D eigenvalue weighted by Crippen LogP contribution is 2.58. The monoisotopic (exact) mass is 451 g/mol. The maximum Gasteiger partial charge on any atom is 0.388 e. The molecule has 0 aromatic carbocycles.